The van der Waals surface area contributed by atoms with Crippen LogP contribution >= 0.6 is 24.0 Å². The predicted octanol–water partition coefficient (Wildman–Crippen LogP) is 2.85. The van der Waals surface area contributed by atoms with E-state index in [4.69, 9.17) is 11.6 Å². The SMILES string of the molecule is CNCC1CCCN1Cc1ccc(Cl)cc1[N+](=O)[O-].Cl. The van der Waals surface area contributed by atoms with Crippen LogP contribution in [0.3, 0.4) is 0 Å². The largest absolute Gasteiger partial charge is 0.318 e. The maximum atomic E-state index is 11.1. The van der Waals surface area contributed by atoms with Crippen molar-refractivity contribution in [1.29, 1.82) is 0 Å². The third-order valence-corrected chi connectivity index (χ3v) is 3.79. The van der Waals surface area contributed by atoms with Crippen LogP contribution in [0.2, 0.25) is 5.02 Å². The second-order valence-corrected chi connectivity index (χ2v) is 5.29. The number of hydrogen-bond acceptors (Lipinski definition) is 4. The Hall–Kier alpha value is -0.880. The Balaban J connectivity index is 0.00000200. The van der Waals surface area contributed by atoms with Crippen LogP contribution < -0.4 is 5.32 Å². The molecule has 0 amide bonds. The van der Waals surface area contributed by atoms with Gasteiger partial charge in [0.2, 0.25) is 0 Å². The molecule has 1 atom stereocenters. The van der Waals surface area contributed by atoms with Crippen LogP contribution in [0.4, 0.5) is 5.69 Å². The van der Waals surface area contributed by atoms with Crippen molar-refractivity contribution in [2.75, 3.05) is 20.1 Å². The van der Waals surface area contributed by atoms with Gasteiger partial charge in [-0.3, -0.25) is 15.0 Å². The lowest BCUT2D eigenvalue weighted by Crippen LogP contribution is -2.36. The van der Waals surface area contributed by atoms with E-state index in [0.717, 1.165) is 31.5 Å². The normalized spacial score (nSPS) is 18.8. The van der Waals surface area contributed by atoms with Gasteiger partial charge in [-0.15, -0.1) is 12.4 Å². The molecule has 0 spiro atoms. The van der Waals surface area contributed by atoms with E-state index in [1.54, 1.807) is 12.1 Å². The second kappa shape index (κ2) is 7.78. The highest BCUT2D eigenvalue weighted by Crippen LogP contribution is 2.27. The van der Waals surface area contributed by atoms with E-state index in [2.05, 4.69) is 10.2 Å². The number of nitrogens with zero attached hydrogens (tertiary/aromatic N) is 2. The summed E-state index contributed by atoms with van der Waals surface area (Å²) < 4.78 is 0. The molecule has 5 nitrogen and oxygen atoms in total. The molecule has 1 aromatic rings. The Morgan fingerprint density at radius 2 is 2.30 bits per heavy atom. The van der Waals surface area contributed by atoms with Crippen molar-refractivity contribution in [2.45, 2.75) is 25.4 Å². The van der Waals surface area contributed by atoms with Crippen molar-refractivity contribution >= 4 is 29.7 Å². The zero-order chi connectivity index (χ0) is 13.8. The first-order chi connectivity index (χ1) is 9.11. The second-order valence-electron chi connectivity index (χ2n) is 4.85. The van der Waals surface area contributed by atoms with Crippen molar-refractivity contribution in [3.05, 3.63) is 38.9 Å². The third-order valence-electron chi connectivity index (χ3n) is 3.56. The lowest BCUT2D eigenvalue weighted by atomic mass is 10.1. The molecule has 0 aromatic heterocycles. The summed E-state index contributed by atoms with van der Waals surface area (Å²) in [7, 11) is 1.93. The highest BCUT2D eigenvalue weighted by molar-refractivity contribution is 6.30. The molecule has 0 aliphatic carbocycles. The number of halogens is 2. The van der Waals surface area contributed by atoms with Gasteiger partial charge in [-0.25, -0.2) is 0 Å². The van der Waals surface area contributed by atoms with Crippen LogP contribution in [0.15, 0.2) is 18.2 Å². The molecule has 1 aromatic carbocycles. The maximum Gasteiger partial charge on any atom is 0.275 e. The van der Waals surface area contributed by atoms with Gasteiger partial charge in [0.1, 0.15) is 0 Å². The Kier molecular flexibility index (Phi) is 6.68. The average molecular weight is 320 g/mol. The van der Waals surface area contributed by atoms with E-state index in [0.29, 0.717) is 17.6 Å². The van der Waals surface area contributed by atoms with E-state index in [9.17, 15) is 10.1 Å². The Labute approximate surface area is 129 Å². The Morgan fingerprint density at radius 3 is 2.95 bits per heavy atom. The van der Waals surface area contributed by atoms with E-state index < -0.39 is 0 Å². The molecule has 20 heavy (non-hydrogen) atoms. The predicted molar refractivity (Wildman–Crippen MR) is 82.7 cm³/mol. The van der Waals surface area contributed by atoms with Crippen LogP contribution in [-0.4, -0.2) is 36.0 Å². The Bertz CT molecular complexity index is 471. The van der Waals surface area contributed by atoms with E-state index >= 15 is 0 Å². The van der Waals surface area contributed by atoms with Crippen molar-refractivity contribution in [3.8, 4) is 0 Å². The monoisotopic (exact) mass is 319 g/mol. The van der Waals surface area contributed by atoms with E-state index in [1.807, 2.05) is 7.05 Å². The summed E-state index contributed by atoms with van der Waals surface area (Å²) in [4.78, 5) is 13.0. The Morgan fingerprint density at radius 1 is 1.55 bits per heavy atom. The van der Waals surface area contributed by atoms with Gasteiger partial charge in [-0.05, 0) is 38.6 Å². The number of likely N-dealkylation sites (N-methyl/N-ethyl adjacent to an activating group) is 1. The topological polar surface area (TPSA) is 58.4 Å². The van der Waals surface area contributed by atoms with Crippen LogP contribution in [-0.2, 0) is 6.54 Å². The summed E-state index contributed by atoms with van der Waals surface area (Å²) in [5.41, 5.74) is 0.847. The molecule has 2 rings (SSSR count). The minimum absolute atomic E-state index is 0. The first-order valence-electron chi connectivity index (χ1n) is 6.43. The van der Waals surface area contributed by atoms with E-state index in [1.165, 1.54) is 6.07 Å². The highest BCUT2D eigenvalue weighted by Gasteiger charge is 2.26. The fraction of sp³-hybridized carbons (Fsp3) is 0.538. The summed E-state index contributed by atoms with van der Waals surface area (Å²) in [6, 6.07) is 5.36. The lowest BCUT2D eigenvalue weighted by molar-refractivity contribution is -0.385. The van der Waals surface area contributed by atoms with Gasteiger partial charge in [-0.1, -0.05) is 11.6 Å². The number of rotatable bonds is 5. The molecule has 0 bridgehead atoms. The number of hydrogen-bond donors (Lipinski definition) is 1. The summed E-state index contributed by atoms with van der Waals surface area (Å²) in [5, 5.41) is 14.7. The number of likely N-dealkylation sites (tertiary alicyclic amines) is 1. The summed E-state index contributed by atoms with van der Waals surface area (Å²) in [6.07, 6.45) is 2.29. The molecular weight excluding hydrogens is 301 g/mol. The van der Waals surface area contributed by atoms with Gasteiger partial charge in [-0.2, -0.15) is 0 Å². The van der Waals surface area contributed by atoms with Gasteiger partial charge in [0.05, 0.1) is 4.92 Å². The quantitative estimate of drug-likeness (QED) is 0.669. The number of nitro benzene ring substituents is 1. The minimum Gasteiger partial charge on any atom is -0.318 e. The molecule has 1 heterocycles. The lowest BCUT2D eigenvalue weighted by Gasteiger charge is -2.24. The average Bonchev–Trinajstić information content (AvgIpc) is 2.79. The zero-order valence-corrected chi connectivity index (χ0v) is 12.9. The summed E-state index contributed by atoms with van der Waals surface area (Å²) in [5.74, 6) is 0. The molecule has 1 aliphatic rings. The summed E-state index contributed by atoms with van der Waals surface area (Å²) >= 11 is 5.83. The number of nitro groups is 1. The van der Waals surface area contributed by atoms with Crippen LogP contribution in [0.25, 0.3) is 0 Å². The molecule has 1 fully saturated rings. The molecule has 1 N–H and O–H groups in total. The number of nitrogens with one attached hydrogen (secondary N) is 1. The summed E-state index contributed by atoms with van der Waals surface area (Å²) in [6.45, 7) is 2.52. The fourth-order valence-corrected chi connectivity index (χ4v) is 2.80. The molecule has 112 valence electrons. The number of benzene rings is 1. The van der Waals surface area contributed by atoms with Gasteiger partial charge >= 0.3 is 0 Å². The first kappa shape index (κ1) is 17.2. The highest BCUT2D eigenvalue weighted by atomic mass is 35.5. The van der Waals surface area contributed by atoms with Gasteiger partial charge in [0, 0.05) is 35.8 Å². The molecule has 0 radical (unpaired) electrons. The standard InChI is InChI=1S/C13H18ClN3O2.ClH/c1-15-8-12-3-2-6-16(12)9-10-4-5-11(14)7-13(10)17(18)19;/h4-5,7,12,15H,2-3,6,8-9H2,1H3;1H. The maximum absolute atomic E-state index is 11.1. The van der Waals surface area contributed by atoms with Crippen molar-refractivity contribution < 1.29 is 4.92 Å². The minimum atomic E-state index is -0.357. The fourth-order valence-electron chi connectivity index (χ4n) is 2.63. The van der Waals surface area contributed by atoms with Crippen LogP contribution in [0.5, 0.6) is 0 Å². The van der Waals surface area contributed by atoms with Crippen molar-refractivity contribution in [1.82, 2.24) is 10.2 Å². The van der Waals surface area contributed by atoms with Crippen LogP contribution in [0, 0.1) is 10.1 Å². The first-order valence-corrected chi connectivity index (χ1v) is 6.81. The molecular formula is C13H19Cl2N3O2. The smallest absolute Gasteiger partial charge is 0.275 e. The molecule has 1 aliphatic heterocycles. The third kappa shape index (κ3) is 4.06. The van der Waals surface area contributed by atoms with E-state index in [-0.39, 0.29) is 23.0 Å². The van der Waals surface area contributed by atoms with Gasteiger partial charge in [0.15, 0.2) is 0 Å². The molecule has 1 unspecified atom stereocenters. The van der Waals surface area contributed by atoms with Crippen LogP contribution in [0.1, 0.15) is 18.4 Å². The zero-order valence-electron chi connectivity index (χ0n) is 11.3. The van der Waals surface area contributed by atoms with Gasteiger partial charge in [0.25, 0.3) is 5.69 Å². The van der Waals surface area contributed by atoms with Gasteiger partial charge < -0.3 is 5.32 Å². The molecule has 7 heteroatoms. The molecule has 0 saturated carbocycles. The van der Waals surface area contributed by atoms with Crippen molar-refractivity contribution in [2.24, 2.45) is 0 Å². The molecule has 1 saturated heterocycles. The van der Waals surface area contributed by atoms with Crippen molar-refractivity contribution in [3.63, 3.8) is 0 Å².